The molecule has 0 unspecified atom stereocenters. The zero-order valence-corrected chi connectivity index (χ0v) is 18.3. The molecule has 2 aliphatic heterocycles. The van der Waals surface area contributed by atoms with Crippen LogP contribution < -0.4 is 15.8 Å². The number of nitriles is 1. The van der Waals surface area contributed by atoms with E-state index in [4.69, 9.17) is 10.5 Å². The highest BCUT2D eigenvalue weighted by Gasteiger charge is 2.57. The summed E-state index contributed by atoms with van der Waals surface area (Å²) in [6, 6.07) is 4.24. The van der Waals surface area contributed by atoms with Crippen molar-refractivity contribution in [2.75, 3.05) is 18.8 Å². The number of anilines is 1. The molecule has 4 atom stereocenters. The number of amides is 1. The van der Waals surface area contributed by atoms with Crippen LogP contribution in [0, 0.1) is 34.3 Å². The number of amidine groups is 1. The second-order valence-corrected chi connectivity index (χ2v) is 8.46. The highest BCUT2D eigenvalue weighted by atomic mass is 19.2. The minimum absolute atomic E-state index is 0.00376. The standard InChI is InChI=1S/C22H21F3N6O3/c1-11-14-5-21(2,8-26)20(27)31-22(14,9-33-11)13-3-12(4-15(24)18(13)25)30-19(32)16-6-29-17(7-28-16)34-10-23/h3-4,6-7,11,14H,5,9-10H2,1-2H3,(H2,27,31)(H,30,32)/t11-,14-,21+,22-/m0/s1. The number of alkyl halides is 1. The number of fused-ring (bicyclic) bond motifs is 1. The van der Waals surface area contributed by atoms with Crippen molar-refractivity contribution in [1.29, 1.82) is 5.26 Å². The van der Waals surface area contributed by atoms with E-state index in [1.165, 1.54) is 6.07 Å². The van der Waals surface area contributed by atoms with Crippen LogP contribution in [0.3, 0.4) is 0 Å². The number of benzene rings is 1. The van der Waals surface area contributed by atoms with E-state index in [0.717, 1.165) is 18.5 Å². The van der Waals surface area contributed by atoms with Crippen LogP contribution in [0.4, 0.5) is 18.9 Å². The molecule has 1 amide bonds. The van der Waals surface area contributed by atoms with Crippen LogP contribution in [0.25, 0.3) is 0 Å². The predicted molar refractivity (Wildman–Crippen MR) is 113 cm³/mol. The average molecular weight is 474 g/mol. The maximum absolute atomic E-state index is 15.1. The zero-order valence-electron chi connectivity index (χ0n) is 18.3. The van der Waals surface area contributed by atoms with Gasteiger partial charge in [0.25, 0.3) is 5.91 Å². The van der Waals surface area contributed by atoms with Crippen LogP contribution in [0.1, 0.15) is 36.3 Å². The Hall–Kier alpha value is -3.72. The molecule has 12 heteroatoms. The van der Waals surface area contributed by atoms with E-state index in [9.17, 15) is 18.8 Å². The van der Waals surface area contributed by atoms with Gasteiger partial charge in [-0.1, -0.05) is 0 Å². The van der Waals surface area contributed by atoms with Crippen LogP contribution in [0.2, 0.25) is 0 Å². The number of hydrogen-bond acceptors (Lipinski definition) is 8. The van der Waals surface area contributed by atoms with Gasteiger partial charge in [-0.05, 0) is 26.3 Å². The Balaban J connectivity index is 1.72. The molecule has 1 fully saturated rings. The summed E-state index contributed by atoms with van der Waals surface area (Å²) in [7, 11) is 0. The van der Waals surface area contributed by atoms with Crippen molar-refractivity contribution in [2.45, 2.75) is 31.9 Å². The molecular weight excluding hydrogens is 453 g/mol. The molecule has 0 bridgehead atoms. The third-order valence-electron chi connectivity index (χ3n) is 6.32. The fourth-order valence-electron chi connectivity index (χ4n) is 4.38. The first kappa shape index (κ1) is 23.4. The topological polar surface area (TPSA) is 136 Å². The fourth-order valence-corrected chi connectivity index (χ4v) is 4.38. The highest BCUT2D eigenvalue weighted by molar-refractivity contribution is 6.02. The number of hydrogen-bond donors (Lipinski definition) is 2. The lowest BCUT2D eigenvalue weighted by Crippen LogP contribution is -2.49. The molecule has 0 radical (unpaired) electrons. The van der Waals surface area contributed by atoms with E-state index >= 15 is 4.39 Å². The number of ether oxygens (including phenoxy) is 2. The van der Waals surface area contributed by atoms with E-state index in [-0.39, 0.29) is 41.7 Å². The van der Waals surface area contributed by atoms with Gasteiger partial charge in [-0.3, -0.25) is 9.79 Å². The van der Waals surface area contributed by atoms with Gasteiger partial charge >= 0.3 is 0 Å². The summed E-state index contributed by atoms with van der Waals surface area (Å²) < 4.78 is 52.3. The molecule has 3 heterocycles. The van der Waals surface area contributed by atoms with Gasteiger partial charge in [-0.25, -0.2) is 23.1 Å². The molecule has 2 aliphatic rings. The summed E-state index contributed by atoms with van der Waals surface area (Å²) in [5.74, 6) is -3.69. The van der Waals surface area contributed by atoms with Crippen LogP contribution in [-0.2, 0) is 10.3 Å². The van der Waals surface area contributed by atoms with E-state index in [1.54, 1.807) is 13.8 Å². The molecule has 178 valence electrons. The first-order valence-corrected chi connectivity index (χ1v) is 10.3. The second kappa shape index (κ2) is 8.57. The molecule has 1 saturated heterocycles. The van der Waals surface area contributed by atoms with Crippen molar-refractivity contribution >= 4 is 17.4 Å². The average Bonchev–Trinajstić information content (AvgIpc) is 3.13. The molecular formula is C22H21F3N6O3. The normalized spacial score (nSPS) is 27.9. The Morgan fingerprint density at radius 3 is 2.79 bits per heavy atom. The minimum atomic E-state index is -1.36. The first-order chi connectivity index (χ1) is 16.1. The van der Waals surface area contributed by atoms with Crippen LogP contribution in [0.5, 0.6) is 5.88 Å². The summed E-state index contributed by atoms with van der Waals surface area (Å²) in [5, 5.41) is 12.1. The summed E-state index contributed by atoms with van der Waals surface area (Å²) >= 11 is 0. The number of carbonyl (C=O) groups excluding carboxylic acids is 1. The van der Waals surface area contributed by atoms with Crippen molar-refractivity contribution in [1.82, 2.24) is 9.97 Å². The van der Waals surface area contributed by atoms with Gasteiger partial charge in [-0.15, -0.1) is 0 Å². The van der Waals surface area contributed by atoms with Gasteiger partial charge in [0.1, 0.15) is 22.5 Å². The number of aliphatic imine (C=N–C) groups is 1. The van der Waals surface area contributed by atoms with Crippen molar-refractivity contribution in [3.63, 3.8) is 0 Å². The Morgan fingerprint density at radius 2 is 2.15 bits per heavy atom. The number of aromatic nitrogens is 2. The molecule has 4 rings (SSSR count). The zero-order chi connectivity index (χ0) is 24.7. The lowest BCUT2D eigenvalue weighted by molar-refractivity contribution is 0.0995. The first-order valence-electron chi connectivity index (χ1n) is 10.3. The van der Waals surface area contributed by atoms with E-state index in [2.05, 4.69) is 31.1 Å². The third-order valence-corrected chi connectivity index (χ3v) is 6.32. The maximum Gasteiger partial charge on any atom is 0.275 e. The number of nitrogens with zero attached hydrogens (tertiary/aromatic N) is 4. The molecule has 0 saturated carbocycles. The van der Waals surface area contributed by atoms with E-state index in [1.807, 2.05) is 0 Å². The van der Waals surface area contributed by atoms with E-state index in [0.29, 0.717) is 0 Å². The number of nitrogens with one attached hydrogen (secondary N) is 1. The van der Waals surface area contributed by atoms with Crippen LogP contribution >= 0.6 is 0 Å². The van der Waals surface area contributed by atoms with Crippen molar-refractivity contribution in [3.8, 4) is 11.9 Å². The quantitative estimate of drug-likeness (QED) is 0.680. The van der Waals surface area contributed by atoms with Gasteiger partial charge < -0.3 is 20.5 Å². The number of halogens is 3. The van der Waals surface area contributed by atoms with Gasteiger partial charge in [0, 0.05) is 23.2 Å². The second-order valence-electron chi connectivity index (χ2n) is 8.46. The van der Waals surface area contributed by atoms with Crippen LogP contribution in [-0.4, -0.2) is 41.3 Å². The van der Waals surface area contributed by atoms with Crippen molar-refractivity contribution in [3.05, 3.63) is 47.4 Å². The summed E-state index contributed by atoms with van der Waals surface area (Å²) in [6.45, 7) is 2.23. The lowest BCUT2D eigenvalue weighted by atomic mass is 9.67. The molecule has 9 nitrogen and oxygen atoms in total. The SMILES string of the molecule is C[C@@H]1OC[C@@]2(c3cc(NC(=O)c4cnc(OCF)cn4)cc(F)c3F)N=C(N)[C@@](C)(C#N)C[C@@H]12. The number of carbonyl (C=O) groups is 1. The lowest BCUT2D eigenvalue weighted by Gasteiger charge is -2.41. The maximum atomic E-state index is 15.1. The van der Waals surface area contributed by atoms with E-state index < -0.39 is 47.4 Å². The van der Waals surface area contributed by atoms with Crippen LogP contribution in [0.15, 0.2) is 29.5 Å². The highest BCUT2D eigenvalue weighted by Crippen LogP contribution is 2.52. The predicted octanol–water partition coefficient (Wildman–Crippen LogP) is 2.83. The van der Waals surface area contributed by atoms with Gasteiger partial charge in [0.05, 0.1) is 31.2 Å². The molecule has 0 spiro atoms. The largest absolute Gasteiger partial charge is 0.445 e. The Bertz CT molecular complexity index is 1200. The smallest absolute Gasteiger partial charge is 0.275 e. The summed E-state index contributed by atoms with van der Waals surface area (Å²) in [5.41, 5.74) is 3.31. The molecule has 3 N–H and O–H groups in total. The molecule has 1 aromatic carbocycles. The minimum Gasteiger partial charge on any atom is -0.445 e. The Morgan fingerprint density at radius 1 is 1.38 bits per heavy atom. The van der Waals surface area contributed by atoms with Gasteiger partial charge in [-0.2, -0.15) is 5.26 Å². The molecule has 0 aliphatic carbocycles. The monoisotopic (exact) mass is 474 g/mol. The number of rotatable bonds is 5. The van der Waals surface area contributed by atoms with Crippen molar-refractivity contribution < 1.29 is 27.4 Å². The van der Waals surface area contributed by atoms with Gasteiger partial charge in [0.15, 0.2) is 11.6 Å². The van der Waals surface area contributed by atoms with Gasteiger partial charge in [0.2, 0.25) is 12.7 Å². The Kier molecular flexibility index (Phi) is 5.91. The third kappa shape index (κ3) is 3.81. The molecule has 2 aromatic rings. The number of nitrogens with two attached hydrogens (primary N) is 1. The van der Waals surface area contributed by atoms with Crippen molar-refractivity contribution in [2.24, 2.45) is 22.1 Å². The molecule has 34 heavy (non-hydrogen) atoms. The summed E-state index contributed by atoms with van der Waals surface area (Å²) in [4.78, 5) is 24.6. The Labute approximate surface area is 192 Å². The summed E-state index contributed by atoms with van der Waals surface area (Å²) in [6.07, 6.45) is 1.95. The fraction of sp³-hybridized carbons (Fsp3) is 0.409. The molecule has 1 aromatic heterocycles.